The molecule has 0 saturated carbocycles. The number of aromatic nitrogens is 2. The van der Waals surface area contributed by atoms with Crippen LogP contribution < -0.4 is 10.9 Å². The molecular weight excluding hydrogens is 445 g/mol. The molecule has 4 rings (SSSR count). The van der Waals surface area contributed by atoms with Gasteiger partial charge in [-0.05, 0) is 49.6 Å². The monoisotopic (exact) mass is 471 g/mol. The van der Waals surface area contributed by atoms with Crippen LogP contribution in [0.1, 0.15) is 43.6 Å². The number of anilines is 1. The summed E-state index contributed by atoms with van der Waals surface area (Å²) in [6.45, 7) is 7.00. The zero-order valence-electron chi connectivity index (χ0n) is 18.5. The maximum Gasteiger partial charge on any atom is 0.277 e. The lowest BCUT2D eigenvalue weighted by atomic mass is 10.1. The van der Waals surface area contributed by atoms with Crippen molar-refractivity contribution >= 4 is 28.9 Å². The number of aryl methyl sites for hydroxylation is 1. The molecule has 32 heavy (non-hydrogen) atoms. The lowest BCUT2D eigenvalue weighted by molar-refractivity contribution is 0.0574. The van der Waals surface area contributed by atoms with Crippen LogP contribution in [0.25, 0.3) is 11.4 Å². The molecule has 2 atom stereocenters. The van der Waals surface area contributed by atoms with E-state index in [-0.39, 0.29) is 17.7 Å². The van der Waals surface area contributed by atoms with Gasteiger partial charge < -0.3 is 10.1 Å². The molecule has 0 spiro atoms. The Morgan fingerprint density at radius 3 is 2.62 bits per heavy atom. The Bertz CT molecular complexity index is 1190. The molecule has 0 radical (unpaired) electrons. The van der Waals surface area contributed by atoms with E-state index in [2.05, 4.69) is 17.4 Å². The van der Waals surface area contributed by atoms with E-state index in [0.717, 1.165) is 6.42 Å². The second kappa shape index (κ2) is 9.65. The van der Waals surface area contributed by atoms with Gasteiger partial charge in [-0.2, -0.15) is 0 Å². The van der Waals surface area contributed by atoms with Crippen LogP contribution in [0, 0.1) is 0 Å². The van der Waals surface area contributed by atoms with Gasteiger partial charge in [0.2, 0.25) is 0 Å². The van der Waals surface area contributed by atoms with Crippen molar-refractivity contribution in [1.29, 1.82) is 0 Å². The van der Waals surface area contributed by atoms with Crippen LogP contribution in [0.15, 0.2) is 47.3 Å². The third kappa shape index (κ3) is 4.17. The Balaban J connectivity index is 1.82. The van der Waals surface area contributed by atoms with Crippen molar-refractivity contribution in [2.75, 3.05) is 11.9 Å². The molecule has 3 aromatic rings. The molecule has 0 fully saturated rings. The fourth-order valence-corrected chi connectivity index (χ4v) is 4.92. The highest BCUT2D eigenvalue weighted by atomic mass is 35.5. The normalized spacial score (nSPS) is 17.4. The first-order valence-corrected chi connectivity index (χ1v) is 11.8. The van der Waals surface area contributed by atoms with Crippen molar-refractivity contribution in [1.82, 2.24) is 9.55 Å². The second-order valence-electron chi connectivity index (χ2n) is 7.80. The number of nitrogens with one attached hydrogen (secondary N) is 1. The van der Waals surface area contributed by atoms with Crippen molar-refractivity contribution in [3.8, 4) is 11.4 Å². The Morgan fingerprint density at radius 2 is 1.94 bits per heavy atom. The highest BCUT2D eigenvalue weighted by molar-refractivity contribution is 6.36. The topological polar surface area (TPSA) is 56.1 Å². The first kappa shape index (κ1) is 22.8. The minimum absolute atomic E-state index is 0.0398. The van der Waals surface area contributed by atoms with Gasteiger partial charge in [0.05, 0.1) is 22.9 Å². The average Bonchev–Trinajstić information content (AvgIpc) is 3.12. The maximum atomic E-state index is 13.7. The Hall–Kier alpha value is -2.34. The largest absolute Gasteiger partial charge is 0.376 e. The van der Waals surface area contributed by atoms with Gasteiger partial charge in [-0.1, -0.05) is 54.4 Å². The molecule has 1 aliphatic rings. The number of benzene rings is 2. The van der Waals surface area contributed by atoms with Crippen LogP contribution in [0.4, 0.5) is 5.69 Å². The number of halogens is 2. The van der Waals surface area contributed by atoms with Gasteiger partial charge in [-0.25, -0.2) is 4.98 Å². The Labute approximate surface area is 198 Å². The van der Waals surface area contributed by atoms with Crippen LogP contribution in [-0.4, -0.2) is 22.3 Å². The molecule has 0 bridgehead atoms. The van der Waals surface area contributed by atoms with Gasteiger partial charge in [0.1, 0.15) is 11.5 Å². The van der Waals surface area contributed by atoms with E-state index < -0.39 is 0 Å². The number of rotatable bonds is 7. The molecule has 1 unspecified atom stereocenters. The predicted octanol–water partition coefficient (Wildman–Crippen LogP) is 5.91. The van der Waals surface area contributed by atoms with Crippen molar-refractivity contribution in [3.05, 3.63) is 79.7 Å². The summed E-state index contributed by atoms with van der Waals surface area (Å²) < 4.78 is 7.70. The van der Waals surface area contributed by atoms with Gasteiger partial charge in [0, 0.05) is 30.2 Å². The van der Waals surface area contributed by atoms with Gasteiger partial charge in [0.15, 0.2) is 0 Å². The van der Waals surface area contributed by atoms with Crippen molar-refractivity contribution in [2.45, 2.75) is 52.3 Å². The molecule has 5 nitrogen and oxygen atoms in total. The molecular formula is C25H27Cl2N3O2. The zero-order chi connectivity index (χ0) is 22.8. The van der Waals surface area contributed by atoms with Gasteiger partial charge in [-0.3, -0.25) is 9.36 Å². The van der Waals surface area contributed by atoms with E-state index in [0.29, 0.717) is 52.4 Å². The number of fused-ring (bicyclic) bond motifs is 1. The summed E-state index contributed by atoms with van der Waals surface area (Å²) in [7, 11) is 0. The first-order chi connectivity index (χ1) is 15.5. The van der Waals surface area contributed by atoms with E-state index >= 15 is 0 Å². The van der Waals surface area contributed by atoms with Crippen molar-refractivity contribution in [2.24, 2.45) is 0 Å². The predicted molar refractivity (Wildman–Crippen MR) is 131 cm³/mol. The van der Waals surface area contributed by atoms with E-state index in [1.54, 1.807) is 16.7 Å². The number of ether oxygens (including phenoxy) is 1. The van der Waals surface area contributed by atoms with Crippen LogP contribution in [0.2, 0.25) is 10.0 Å². The maximum absolute atomic E-state index is 13.7. The molecule has 0 saturated heterocycles. The van der Waals surface area contributed by atoms with Gasteiger partial charge in [0.25, 0.3) is 5.56 Å². The Morgan fingerprint density at radius 1 is 1.16 bits per heavy atom. The fourth-order valence-electron chi connectivity index (χ4n) is 4.42. The van der Waals surface area contributed by atoms with Crippen molar-refractivity contribution in [3.63, 3.8) is 0 Å². The quantitative estimate of drug-likeness (QED) is 0.464. The van der Waals surface area contributed by atoms with Crippen LogP contribution in [0.5, 0.6) is 0 Å². The third-order valence-electron chi connectivity index (χ3n) is 5.93. The minimum atomic E-state index is -0.111. The van der Waals surface area contributed by atoms with E-state index in [1.165, 1.54) is 11.1 Å². The molecule has 7 heteroatoms. The summed E-state index contributed by atoms with van der Waals surface area (Å²) in [5, 5.41) is 4.53. The van der Waals surface area contributed by atoms with Crippen LogP contribution in [-0.2, 0) is 24.1 Å². The van der Waals surface area contributed by atoms with E-state index in [1.807, 2.05) is 39.0 Å². The lowest BCUT2D eigenvalue weighted by Crippen LogP contribution is -2.32. The smallest absolute Gasteiger partial charge is 0.277 e. The number of hydrogen-bond acceptors (Lipinski definition) is 4. The second-order valence-corrected chi connectivity index (χ2v) is 8.65. The summed E-state index contributed by atoms with van der Waals surface area (Å²) in [5.74, 6) is 0.551. The average molecular weight is 472 g/mol. The highest BCUT2D eigenvalue weighted by Crippen LogP contribution is 2.36. The van der Waals surface area contributed by atoms with Gasteiger partial charge >= 0.3 is 0 Å². The minimum Gasteiger partial charge on any atom is -0.376 e. The molecule has 1 heterocycles. The molecule has 0 aliphatic heterocycles. The molecule has 1 aliphatic carbocycles. The third-order valence-corrected chi connectivity index (χ3v) is 6.48. The summed E-state index contributed by atoms with van der Waals surface area (Å²) in [5.41, 5.74) is 4.22. The summed E-state index contributed by atoms with van der Waals surface area (Å²) in [6.07, 6.45) is 1.38. The molecule has 168 valence electrons. The van der Waals surface area contributed by atoms with E-state index in [4.69, 9.17) is 32.9 Å². The number of hydrogen-bond donors (Lipinski definition) is 1. The summed E-state index contributed by atoms with van der Waals surface area (Å²) in [4.78, 5) is 18.6. The summed E-state index contributed by atoms with van der Waals surface area (Å²) >= 11 is 12.5. The Kier molecular flexibility index (Phi) is 6.89. The van der Waals surface area contributed by atoms with Crippen molar-refractivity contribution < 1.29 is 4.74 Å². The SMILES string of the molecule is CCO[C@H]1Cc2ccccc2C1Nc1c(CC)nc(-c2ccc(Cl)cc2Cl)n(CC)c1=O. The van der Waals surface area contributed by atoms with E-state index in [9.17, 15) is 4.79 Å². The van der Waals surface area contributed by atoms with Crippen LogP contribution in [0.3, 0.4) is 0 Å². The molecule has 2 aromatic carbocycles. The molecule has 1 N–H and O–H groups in total. The van der Waals surface area contributed by atoms with Crippen LogP contribution >= 0.6 is 23.2 Å². The number of nitrogens with zero attached hydrogens (tertiary/aromatic N) is 2. The molecule has 0 amide bonds. The molecule has 1 aromatic heterocycles. The highest BCUT2D eigenvalue weighted by Gasteiger charge is 2.34. The lowest BCUT2D eigenvalue weighted by Gasteiger charge is -2.25. The zero-order valence-corrected chi connectivity index (χ0v) is 20.0. The first-order valence-electron chi connectivity index (χ1n) is 11.0. The van der Waals surface area contributed by atoms with Gasteiger partial charge in [-0.15, -0.1) is 0 Å². The fraction of sp³-hybridized carbons (Fsp3) is 0.360. The summed E-state index contributed by atoms with van der Waals surface area (Å²) in [6, 6.07) is 13.4. The standard InChI is InChI=1S/C25H27Cl2N3O2/c1-4-20-23(29-22-17-10-8-7-9-15(17)13-21(22)32-6-3)25(31)30(5-2)24(28-20)18-12-11-16(26)14-19(18)27/h7-12,14,21-22,29H,4-6,13H2,1-3H3/t21-,22?/m0/s1.